The predicted molar refractivity (Wildman–Crippen MR) is 83.0 cm³/mol. The van der Waals surface area contributed by atoms with E-state index in [1.807, 2.05) is 0 Å². The summed E-state index contributed by atoms with van der Waals surface area (Å²) in [5.41, 5.74) is 0.772. The normalized spacial score (nSPS) is 11.3. The second-order valence-electron chi connectivity index (χ2n) is 4.11. The van der Waals surface area contributed by atoms with Gasteiger partial charge in [-0.2, -0.15) is 0 Å². The number of carbonyl (C=O) groups is 1. The van der Waals surface area contributed by atoms with Gasteiger partial charge in [0.2, 0.25) is 0 Å². The highest BCUT2D eigenvalue weighted by Crippen LogP contribution is 2.25. The van der Waals surface area contributed by atoms with Crippen LogP contribution in [0.5, 0.6) is 0 Å². The average Bonchev–Trinajstić information content (AvgIpc) is 2.81. The topological polar surface area (TPSA) is 96.4 Å². The first-order valence-electron chi connectivity index (χ1n) is 5.82. The van der Waals surface area contributed by atoms with Crippen molar-refractivity contribution in [3.8, 4) is 0 Å². The zero-order chi connectivity index (χ0) is 15.5. The van der Waals surface area contributed by atoms with Crippen molar-refractivity contribution >= 4 is 48.4 Å². The number of aryl methyl sites for hydroxylation is 1. The molecule has 9 heteroatoms. The van der Waals surface area contributed by atoms with Gasteiger partial charge in [0.05, 0.1) is 14.9 Å². The second-order valence-corrected chi connectivity index (χ2v) is 8.21. The zero-order valence-electron chi connectivity index (χ0n) is 10.6. The molecule has 0 saturated carbocycles. The number of hydrogen-bond donors (Lipinski definition) is 2. The lowest BCUT2D eigenvalue weighted by Gasteiger charge is -2.06. The van der Waals surface area contributed by atoms with E-state index in [0.29, 0.717) is 6.42 Å². The van der Waals surface area contributed by atoms with E-state index < -0.39 is 16.0 Å². The number of carboxylic acids is 1. The van der Waals surface area contributed by atoms with E-state index >= 15 is 0 Å². The molecule has 0 fully saturated rings. The van der Waals surface area contributed by atoms with Crippen LogP contribution in [0.15, 0.2) is 39.1 Å². The Bertz CT molecular complexity index is 741. The first-order chi connectivity index (χ1) is 9.87. The fraction of sp³-hybridized carbons (Fsp3) is 0.167. The van der Waals surface area contributed by atoms with Crippen LogP contribution >= 0.6 is 27.3 Å². The maximum Gasteiger partial charge on any atom is 0.303 e. The van der Waals surface area contributed by atoms with Crippen LogP contribution in [0.25, 0.3) is 0 Å². The molecule has 1 aromatic carbocycles. The van der Waals surface area contributed by atoms with Crippen molar-refractivity contribution in [3.63, 3.8) is 0 Å². The summed E-state index contributed by atoms with van der Waals surface area (Å²) in [7, 11) is -3.69. The number of carboxylic acid groups (broad SMARTS) is 1. The molecule has 0 saturated heterocycles. The summed E-state index contributed by atoms with van der Waals surface area (Å²) >= 11 is 4.38. The predicted octanol–water partition coefficient (Wildman–Crippen LogP) is 2.72. The molecular weight excluding hydrogens is 380 g/mol. The van der Waals surface area contributed by atoms with Crippen molar-refractivity contribution in [2.75, 3.05) is 4.72 Å². The third kappa shape index (κ3) is 4.51. The highest BCUT2D eigenvalue weighted by atomic mass is 79.9. The molecule has 1 heterocycles. The van der Waals surface area contributed by atoms with Crippen LogP contribution in [0.1, 0.15) is 12.0 Å². The maximum atomic E-state index is 12.1. The van der Waals surface area contributed by atoms with E-state index in [-0.39, 0.29) is 16.4 Å². The van der Waals surface area contributed by atoms with Crippen LogP contribution < -0.4 is 4.72 Å². The molecule has 0 bridgehead atoms. The molecule has 0 aliphatic carbocycles. The highest BCUT2D eigenvalue weighted by Gasteiger charge is 2.16. The number of nitrogens with one attached hydrogen (secondary N) is 1. The van der Waals surface area contributed by atoms with E-state index in [1.54, 1.807) is 12.1 Å². The minimum Gasteiger partial charge on any atom is -0.481 e. The molecule has 112 valence electrons. The summed E-state index contributed by atoms with van der Waals surface area (Å²) in [6.07, 6.45) is 1.89. The lowest BCUT2D eigenvalue weighted by Crippen LogP contribution is -2.12. The number of anilines is 1. The van der Waals surface area contributed by atoms with Gasteiger partial charge in [0.1, 0.15) is 0 Å². The number of halogens is 1. The molecule has 6 nitrogen and oxygen atoms in total. The van der Waals surface area contributed by atoms with Crippen molar-refractivity contribution in [1.29, 1.82) is 0 Å². The Hall–Kier alpha value is -1.45. The third-order valence-electron chi connectivity index (χ3n) is 2.56. The minimum absolute atomic E-state index is 0.0114. The van der Waals surface area contributed by atoms with Gasteiger partial charge in [0, 0.05) is 6.42 Å². The van der Waals surface area contributed by atoms with E-state index in [4.69, 9.17) is 5.11 Å². The number of thiazole rings is 1. The maximum absolute atomic E-state index is 12.1. The Kier molecular flexibility index (Phi) is 4.96. The number of hydrogen-bond acceptors (Lipinski definition) is 5. The van der Waals surface area contributed by atoms with Gasteiger partial charge in [0.15, 0.2) is 5.13 Å². The fourth-order valence-corrected chi connectivity index (χ4v) is 3.91. The quantitative estimate of drug-likeness (QED) is 0.790. The van der Waals surface area contributed by atoms with Gasteiger partial charge in [-0.3, -0.25) is 9.52 Å². The van der Waals surface area contributed by atoms with E-state index in [1.165, 1.54) is 29.7 Å². The summed E-state index contributed by atoms with van der Waals surface area (Å²) in [6, 6.07) is 6.11. The zero-order valence-corrected chi connectivity index (χ0v) is 13.8. The lowest BCUT2D eigenvalue weighted by molar-refractivity contribution is -0.136. The molecule has 1 aromatic heterocycles. The van der Waals surface area contributed by atoms with Crippen molar-refractivity contribution < 1.29 is 18.3 Å². The Morgan fingerprint density at radius 1 is 1.33 bits per heavy atom. The first kappa shape index (κ1) is 15.9. The summed E-state index contributed by atoms with van der Waals surface area (Å²) < 4.78 is 27.4. The van der Waals surface area contributed by atoms with Crippen molar-refractivity contribution in [3.05, 3.63) is 39.8 Å². The molecule has 0 amide bonds. The fourth-order valence-electron chi connectivity index (χ4n) is 1.56. The van der Waals surface area contributed by atoms with Crippen molar-refractivity contribution in [1.82, 2.24) is 4.98 Å². The number of rotatable bonds is 6. The number of aliphatic carboxylic acids is 1. The van der Waals surface area contributed by atoms with Crippen molar-refractivity contribution in [2.24, 2.45) is 0 Å². The van der Waals surface area contributed by atoms with Crippen LogP contribution in [-0.2, 0) is 21.2 Å². The molecule has 21 heavy (non-hydrogen) atoms. The first-order valence-corrected chi connectivity index (χ1v) is 8.91. The standard InChI is InChI=1S/C12H11BrN2O4S2/c13-10-7-14-12(20-10)15-21(18,19)9-4-1-8(2-5-9)3-6-11(16)17/h1-2,4-5,7H,3,6H2,(H,14,15)(H,16,17). The summed E-state index contributed by atoms with van der Waals surface area (Å²) in [4.78, 5) is 14.5. The number of benzene rings is 1. The largest absolute Gasteiger partial charge is 0.481 e. The van der Waals surface area contributed by atoms with Crippen LogP contribution in [-0.4, -0.2) is 24.5 Å². The molecule has 0 aliphatic rings. The van der Waals surface area contributed by atoms with Gasteiger partial charge in [-0.1, -0.05) is 23.5 Å². The van der Waals surface area contributed by atoms with Gasteiger partial charge in [-0.05, 0) is 40.0 Å². The Balaban J connectivity index is 2.11. The molecular formula is C12H11BrN2O4S2. The summed E-state index contributed by atoms with van der Waals surface area (Å²) in [6.45, 7) is 0. The monoisotopic (exact) mass is 390 g/mol. The van der Waals surface area contributed by atoms with Gasteiger partial charge < -0.3 is 5.11 Å². The van der Waals surface area contributed by atoms with Crippen LogP contribution in [0, 0.1) is 0 Å². The smallest absolute Gasteiger partial charge is 0.303 e. The molecule has 2 N–H and O–H groups in total. The number of sulfonamides is 1. The van der Waals surface area contributed by atoms with Crippen LogP contribution in [0.3, 0.4) is 0 Å². The summed E-state index contributed by atoms with van der Waals surface area (Å²) in [5.74, 6) is -0.886. The Morgan fingerprint density at radius 3 is 2.52 bits per heavy atom. The molecule has 0 atom stereocenters. The Labute approximate surface area is 134 Å². The summed E-state index contributed by atoms with van der Waals surface area (Å²) in [5, 5.41) is 8.88. The van der Waals surface area contributed by atoms with Crippen LogP contribution in [0.2, 0.25) is 0 Å². The molecule has 0 unspecified atom stereocenters. The average molecular weight is 391 g/mol. The molecule has 0 radical (unpaired) electrons. The molecule has 2 aromatic rings. The molecule has 0 spiro atoms. The lowest BCUT2D eigenvalue weighted by atomic mass is 10.1. The highest BCUT2D eigenvalue weighted by molar-refractivity contribution is 9.11. The van der Waals surface area contributed by atoms with Gasteiger partial charge in [0.25, 0.3) is 10.0 Å². The van der Waals surface area contributed by atoms with Crippen LogP contribution in [0.4, 0.5) is 5.13 Å². The van der Waals surface area contributed by atoms with Crippen molar-refractivity contribution in [2.45, 2.75) is 17.7 Å². The third-order valence-corrected chi connectivity index (χ3v) is 5.44. The van der Waals surface area contributed by atoms with E-state index in [9.17, 15) is 13.2 Å². The van der Waals surface area contributed by atoms with Gasteiger partial charge >= 0.3 is 5.97 Å². The number of aromatic nitrogens is 1. The second kappa shape index (κ2) is 6.54. The minimum atomic E-state index is -3.69. The van der Waals surface area contributed by atoms with Gasteiger partial charge in [-0.25, -0.2) is 13.4 Å². The van der Waals surface area contributed by atoms with E-state index in [0.717, 1.165) is 9.35 Å². The van der Waals surface area contributed by atoms with E-state index in [2.05, 4.69) is 25.6 Å². The molecule has 2 rings (SSSR count). The Morgan fingerprint density at radius 2 is 2.00 bits per heavy atom. The SMILES string of the molecule is O=C(O)CCc1ccc(S(=O)(=O)Nc2ncc(Br)s2)cc1. The van der Waals surface area contributed by atoms with Gasteiger partial charge in [-0.15, -0.1) is 0 Å². The molecule has 0 aliphatic heterocycles. The number of nitrogens with zero attached hydrogens (tertiary/aromatic N) is 1.